The van der Waals surface area contributed by atoms with Gasteiger partial charge in [-0.1, -0.05) is 23.5 Å². The van der Waals surface area contributed by atoms with Gasteiger partial charge in [0.15, 0.2) is 16.8 Å². The van der Waals surface area contributed by atoms with Crippen molar-refractivity contribution < 1.29 is 0 Å². The highest BCUT2D eigenvalue weighted by Gasteiger charge is 2.38. The standard InChI is InChI=1S/C21H29N7S/c1-12-7-6-8-14-16(12)26-19(29-14)27-18-15(22)17(23-11-24-18)25-13-9-20(2,3)28-21(4,5)10-13/h6-8,11,13,28H,9-10,22H2,1-5H3,(H2,23,24,25,26,27). The first kappa shape index (κ1) is 19.8. The number of aromatic nitrogens is 3. The second kappa shape index (κ2) is 7.11. The Balaban J connectivity index is 1.56. The van der Waals surface area contributed by atoms with Gasteiger partial charge in [0, 0.05) is 17.1 Å². The van der Waals surface area contributed by atoms with Crippen molar-refractivity contribution in [3.05, 3.63) is 30.1 Å². The van der Waals surface area contributed by atoms with Gasteiger partial charge in [-0.05, 0) is 59.1 Å². The number of nitrogens with zero attached hydrogens (tertiary/aromatic N) is 3. The number of fused-ring (bicyclic) bond motifs is 1. The van der Waals surface area contributed by atoms with Crippen LogP contribution in [0.3, 0.4) is 0 Å². The molecule has 8 heteroatoms. The van der Waals surface area contributed by atoms with Crippen molar-refractivity contribution in [3.8, 4) is 0 Å². The maximum atomic E-state index is 6.42. The topological polar surface area (TPSA) is 101 Å². The van der Waals surface area contributed by atoms with E-state index in [2.05, 4.69) is 72.7 Å². The third-order valence-electron chi connectivity index (χ3n) is 5.26. The number of benzene rings is 1. The van der Waals surface area contributed by atoms with Gasteiger partial charge in [-0.15, -0.1) is 0 Å². The molecule has 1 aliphatic heterocycles. The summed E-state index contributed by atoms with van der Waals surface area (Å²) >= 11 is 1.59. The van der Waals surface area contributed by atoms with Crippen molar-refractivity contribution in [3.63, 3.8) is 0 Å². The van der Waals surface area contributed by atoms with Crippen molar-refractivity contribution in [2.45, 2.75) is 64.6 Å². The third-order valence-corrected chi connectivity index (χ3v) is 6.20. The largest absolute Gasteiger partial charge is 0.393 e. The molecule has 0 atom stereocenters. The minimum Gasteiger partial charge on any atom is -0.393 e. The lowest BCUT2D eigenvalue weighted by Crippen LogP contribution is -2.60. The van der Waals surface area contributed by atoms with E-state index in [9.17, 15) is 0 Å². The molecule has 3 aromatic rings. The van der Waals surface area contributed by atoms with Crippen LogP contribution in [-0.4, -0.2) is 32.1 Å². The summed E-state index contributed by atoms with van der Waals surface area (Å²) in [5.41, 5.74) is 9.17. The molecule has 0 unspecified atom stereocenters. The second-order valence-electron chi connectivity index (χ2n) is 9.19. The molecule has 0 saturated carbocycles. The zero-order valence-electron chi connectivity index (χ0n) is 17.6. The van der Waals surface area contributed by atoms with E-state index >= 15 is 0 Å². The number of rotatable bonds is 4. The summed E-state index contributed by atoms with van der Waals surface area (Å²) in [5.74, 6) is 1.24. The Morgan fingerprint density at radius 2 is 1.79 bits per heavy atom. The van der Waals surface area contributed by atoms with Gasteiger partial charge in [-0.25, -0.2) is 15.0 Å². The first-order valence-electron chi connectivity index (χ1n) is 9.91. The molecule has 1 aliphatic rings. The molecule has 4 rings (SSSR count). The normalized spacial score (nSPS) is 18.7. The minimum atomic E-state index is 0.0428. The predicted molar refractivity (Wildman–Crippen MR) is 122 cm³/mol. The van der Waals surface area contributed by atoms with Crippen LogP contribution in [0.2, 0.25) is 0 Å². The SMILES string of the molecule is Cc1cccc2sc(Nc3ncnc(NC4CC(C)(C)NC(C)(C)C4)c3N)nc12. The molecule has 1 aromatic carbocycles. The molecule has 0 aliphatic carbocycles. The molecule has 2 aromatic heterocycles. The zero-order chi connectivity index (χ0) is 20.8. The summed E-state index contributed by atoms with van der Waals surface area (Å²) in [6.45, 7) is 11.0. The Kier molecular flexibility index (Phi) is 4.86. The molecule has 0 radical (unpaired) electrons. The molecule has 0 spiro atoms. The van der Waals surface area contributed by atoms with E-state index in [1.165, 1.54) is 6.33 Å². The highest BCUT2D eigenvalue weighted by Crippen LogP contribution is 2.34. The van der Waals surface area contributed by atoms with Crippen LogP contribution >= 0.6 is 11.3 Å². The quantitative estimate of drug-likeness (QED) is 0.503. The van der Waals surface area contributed by atoms with Crippen molar-refractivity contribution in [1.82, 2.24) is 20.3 Å². The zero-order valence-corrected chi connectivity index (χ0v) is 18.4. The molecule has 0 amide bonds. The lowest BCUT2D eigenvalue weighted by molar-refractivity contribution is 0.170. The van der Waals surface area contributed by atoms with E-state index in [1.807, 2.05) is 6.07 Å². The summed E-state index contributed by atoms with van der Waals surface area (Å²) < 4.78 is 1.14. The van der Waals surface area contributed by atoms with E-state index in [0.717, 1.165) is 33.8 Å². The Hall–Kier alpha value is -2.45. The first-order chi connectivity index (χ1) is 13.6. The van der Waals surface area contributed by atoms with Crippen molar-refractivity contribution in [2.24, 2.45) is 0 Å². The Labute approximate surface area is 175 Å². The fourth-order valence-corrected chi connectivity index (χ4v) is 5.41. The van der Waals surface area contributed by atoms with Gasteiger partial charge in [0.05, 0.1) is 10.2 Å². The molecular formula is C21H29N7S. The molecular weight excluding hydrogens is 382 g/mol. The first-order valence-corrected chi connectivity index (χ1v) is 10.7. The van der Waals surface area contributed by atoms with Crippen LogP contribution in [0.4, 0.5) is 22.5 Å². The predicted octanol–water partition coefficient (Wildman–Crippen LogP) is 4.44. The summed E-state index contributed by atoms with van der Waals surface area (Å²) in [7, 11) is 0. The van der Waals surface area contributed by atoms with Gasteiger partial charge in [0.2, 0.25) is 0 Å². The number of anilines is 4. The highest BCUT2D eigenvalue weighted by molar-refractivity contribution is 7.22. The van der Waals surface area contributed by atoms with Crippen LogP contribution in [0.15, 0.2) is 24.5 Å². The van der Waals surface area contributed by atoms with Gasteiger partial charge in [0.1, 0.15) is 12.0 Å². The van der Waals surface area contributed by atoms with Crippen LogP contribution in [0.5, 0.6) is 0 Å². The summed E-state index contributed by atoms with van der Waals surface area (Å²) in [4.78, 5) is 13.4. The maximum absolute atomic E-state index is 6.42. The van der Waals surface area contributed by atoms with Crippen molar-refractivity contribution in [2.75, 3.05) is 16.4 Å². The summed E-state index contributed by atoms with van der Waals surface area (Å²) in [6.07, 6.45) is 3.51. The van der Waals surface area contributed by atoms with Crippen LogP contribution in [-0.2, 0) is 0 Å². The van der Waals surface area contributed by atoms with Gasteiger partial charge >= 0.3 is 0 Å². The summed E-state index contributed by atoms with van der Waals surface area (Å²) in [5, 5.41) is 11.3. The van der Waals surface area contributed by atoms with E-state index in [-0.39, 0.29) is 17.1 Å². The molecule has 1 saturated heterocycles. The Morgan fingerprint density at radius 1 is 1.10 bits per heavy atom. The Morgan fingerprint density at radius 3 is 2.48 bits per heavy atom. The number of aryl methyl sites for hydroxylation is 1. The number of hydrogen-bond donors (Lipinski definition) is 4. The van der Waals surface area contributed by atoms with E-state index < -0.39 is 0 Å². The third kappa shape index (κ3) is 4.28. The molecule has 0 bridgehead atoms. The van der Waals surface area contributed by atoms with Crippen molar-refractivity contribution in [1.29, 1.82) is 0 Å². The maximum Gasteiger partial charge on any atom is 0.189 e. The molecule has 5 N–H and O–H groups in total. The Bertz CT molecular complexity index is 1020. The molecule has 3 heterocycles. The van der Waals surface area contributed by atoms with E-state index in [1.54, 1.807) is 11.3 Å². The van der Waals surface area contributed by atoms with Gasteiger partial charge in [-0.2, -0.15) is 0 Å². The molecule has 7 nitrogen and oxygen atoms in total. The molecule has 29 heavy (non-hydrogen) atoms. The van der Waals surface area contributed by atoms with Crippen LogP contribution in [0, 0.1) is 6.92 Å². The smallest absolute Gasteiger partial charge is 0.189 e. The average Bonchev–Trinajstić information content (AvgIpc) is 3.00. The second-order valence-corrected chi connectivity index (χ2v) is 10.2. The number of nitrogens with two attached hydrogens (primary N) is 1. The number of hydrogen-bond acceptors (Lipinski definition) is 8. The number of thiazole rings is 1. The number of nitrogen functional groups attached to an aromatic ring is 1. The van der Waals surface area contributed by atoms with Crippen LogP contribution < -0.4 is 21.7 Å². The highest BCUT2D eigenvalue weighted by atomic mass is 32.1. The van der Waals surface area contributed by atoms with Crippen LogP contribution in [0.1, 0.15) is 46.1 Å². The number of nitrogens with one attached hydrogen (secondary N) is 3. The lowest BCUT2D eigenvalue weighted by atomic mass is 9.79. The number of para-hydroxylation sites is 1. The van der Waals surface area contributed by atoms with E-state index in [4.69, 9.17) is 10.7 Å². The average molecular weight is 412 g/mol. The van der Waals surface area contributed by atoms with E-state index in [0.29, 0.717) is 17.3 Å². The monoisotopic (exact) mass is 411 g/mol. The molecule has 154 valence electrons. The van der Waals surface area contributed by atoms with Crippen molar-refractivity contribution >= 4 is 44.0 Å². The summed E-state index contributed by atoms with van der Waals surface area (Å²) in [6, 6.07) is 6.45. The molecule has 1 fully saturated rings. The lowest BCUT2D eigenvalue weighted by Gasteiger charge is -2.46. The minimum absolute atomic E-state index is 0.0428. The fraction of sp³-hybridized carbons (Fsp3) is 0.476. The van der Waals surface area contributed by atoms with Gasteiger partial charge < -0.3 is 21.7 Å². The van der Waals surface area contributed by atoms with Gasteiger partial charge in [-0.3, -0.25) is 0 Å². The fourth-order valence-electron chi connectivity index (χ4n) is 4.47. The number of piperidine rings is 1. The van der Waals surface area contributed by atoms with Crippen LogP contribution in [0.25, 0.3) is 10.2 Å². The van der Waals surface area contributed by atoms with Gasteiger partial charge in [0.25, 0.3) is 0 Å².